The predicted octanol–water partition coefficient (Wildman–Crippen LogP) is 4.63. The lowest BCUT2D eigenvalue weighted by atomic mass is 9.85. The fourth-order valence-electron chi connectivity index (χ4n) is 4.05. The molecule has 0 bridgehead atoms. The van der Waals surface area contributed by atoms with Crippen LogP contribution in [0.2, 0.25) is 0 Å². The molecule has 2 nitrogen and oxygen atoms in total. The predicted molar refractivity (Wildman–Crippen MR) is 87.9 cm³/mol. The van der Waals surface area contributed by atoms with Gasteiger partial charge in [0.25, 0.3) is 0 Å². The fraction of sp³-hybridized carbons (Fsp3) is 0.684. The first-order valence-corrected chi connectivity index (χ1v) is 8.77. The normalized spacial score (nSPS) is 22.8. The van der Waals surface area contributed by atoms with E-state index in [1.807, 2.05) is 0 Å². The Kier molecular flexibility index (Phi) is 5.18. The van der Waals surface area contributed by atoms with Crippen LogP contribution in [0.1, 0.15) is 68.5 Å². The van der Waals surface area contributed by atoms with Gasteiger partial charge in [0.15, 0.2) is 0 Å². The lowest BCUT2D eigenvalue weighted by Gasteiger charge is -2.28. The van der Waals surface area contributed by atoms with Crippen molar-refractivity contribution in [3.8, 4) is 5.75 Å². The van der Waals surface area contributed by atoms with Gasteiger partial charge in [0.1, 0.15) is 5.75 Å². The first kappa shape index (κ1) is 14.9. The van der Waals surface area contributed by atoms with Gasteiger partial charge in [-0.15, -0.1) is 0 Å². The van der Waals surface area contributed by atoms with Crippen LogP contribution in [0, 0.1) is 5.92 Å². The van der Waals surface area contributed by atoms with Gasteiger partial charge in [-0.2, -0.15) is 0 Å². The largest absolute Gasteiger partial charge is 0.497 e. The summed E-state index contributed by atoms with van der Waals surface area (Å²) in [4.78, 5) is 0. The third-order valence-electron chi connectivity index (χ3n) is 5.34. The summed E-state index contributed by atoms with van der Waals surface area (Å²) in [6.45, 7) is 1.17. The molecule has 0 heterocycles. The highest BCUT2D eigenvalue weighted by Crippen LogP contribution is 2.33. The maximum Gasteiger partial charge on any atom is 0.119 e. The molecule has 1 fully saturated rings. The second-order valence-corrected chi connectivity index (χ2v) is 6.76. The van der Waals surface area contributed by atoms with E-state index < -0.39 is 0 Å². The Morgan fingerprint density at radius 3 is 2.76 bits per heavy atom. The first-order chi connectivity index (χ1) is 10.4. The van der Waals surface area contributed by atoms with Crippen LogP contribution < -0.4 is 10.1 Å². The number of methoxy groups -OCH3 is 1. The van der Waals surface area contributed by atoms with Crippen molar-refractivity contribution < 1.29 is 4.74 Å². The SMILES string of the molecule is COc1ccc2c(c1)C(NCCC1CCCCC1)CCC2. The van der Waals surface area contributed by atoms with Crippen LogP contribution in [-0.2, 0) is 6.42 Å². The van der Waals surface area contributed by atoms with Crippen molar-refractivity contribution in [2.24, 2.45) is 5.92 Å². The number of hydrogen-bond donors (Lipinski definition) is 1. The smallest absolute Gasteiger partial charge is 0.119 e. The first-order valence-electron chi connectivity index (χ1n) is 8.77. The van der Waals surface area contributed by atoms with Gasteiger partial charge < -0.3 is 10.1 Å². The molecule has 0 aromatic heterocycles. The van der Waals surface area contributed by atoms with E-state index in [0.717, 1.165) is 11.7 Å². The number of nitrogens with one attached hydrogen (secondary N) is 1. The number of rotatable bonds is 5. The van der Waals surface area contributed by atoms with Gasteiger partial charge in [-0.1, -0.05) is 38.2 Å². The maximum atomic E-state index is 5.40. The monoisotopic (exact) mass is 287 g/mol. The minimum absolute atomic E-state index is 0.535. The standard InChI is InChI=1S/C19H29NO/c1-21-17-11-10-16-8-5-9-19(18(16)14-17)20-13-12-15-6-3-2-4-7-15/h10-11,14-15,19-20H,2-9,12-13H2,1H3. The number of benzene rings is 1. The maximum absolute atomic E-state index is 5.40. The van der Waals surface area contributed by atoms with Crippen molar-refractivity contribution in [2.45, 2.75) is 63.8 Å². The van der Waals surface area contributed by atoms with Gasteiger partial charge in [0, 0.05) is 6.04 Å². The molecule has 0 spiro atoms. The van der Waals surface area contributed by atoms with Crippen LogP contribution in [0.3, 0.4) is 0 Å². The molecule has 21 heavy (non-hydrogen) atoms. The van der Waals surface area contributed by atoms with Crippen molar-refractivity contribution >= 4 is 0 Å². The van der Waals surface area contributed by atoms with Crippen molar-refractivity contribution in [3.05, 3.63) is 29.3 Å². The molecule has 116 valence electrons. The molecule has 0 amide bonds. The number of fused-ring (bicyclic) bond motifs is 1. The molecular weight excluding hydrogens is 258 g/mol. The van der Waals surface area contributed by atoms with E-state index in [0.29, 0.717) is 6.04 Å². The molecule has 1 saturated carbocycles. The van der Waals surface area contributed by atoms with Crippen LogP contribution in [0.5, 0.6) is 5.75 Å². The zero-order valence-corrected chi connectivity index (χ0v) is 13.4. The van der Waals surface area contributed by atoms with E-state index in [2.05, 4.69) is 23.5 Å². The molecule has 3 rings (SSSR count). The lowest BCUT2D eigenvalue weighted by molar-refractivity contribution is 0.323. The highest BCUT2D eigenvalue weighted by Gasteiger charge is 2.21. The summed E-state index contributed by atoms with van der Waals surface area (Å²) < 4.78 is 5.40. The van der Waals surface area contributed by atoms with Gasteiger partial charge in [-0.3, -0.25) is 0 Å². The molecule has 1 N–H and O–H groups in total. The van der Waals surface area contributed by atoms with E-state index in [4.69, 9.17) is 4.74 Å². The number of aryl methyl sites for hydroxylation is 1. The second kappa shape index (κ2) is 7.31. The quantitative estimate of drug-likeness (QED) is 0.852. The lowest BCUT2D eigenvalue weighted by Crippen LogP contribution is -2.27. The molecule has 0 radical (unpaired) electrons. The zero-order valence-electron chi connectivity index (χ0n) is 13.4. The second-order valence-electron chi connectivity index (χ2n) is 6.76. The topological polar surface area (TPSA) is 21.3 Å². The minimum atomic E-state index is 0.535. The molecule has 1 aromatic rings. The van der Waals surface area contributed by atoms with E-state index in [1.54, 1.807) is 7.11 Å². The Labute approximate surface area is 129 Å². The fourth-order valence-corrected chi connectivity index (χ4v) is 4.05. The van der Waals surface area contributed by atoms with Gasteiger partial charge >= 0.3 is 0 Å². The number of ether oxygens (including phenoxy) is 1. The molecular formula is C19H29NO. The van der Waals surface area contributed by atoms with Crippen LogP contribution in [0.15, 0.2) is 18.2 Å². The Balaban J connectivity index is 1.56. The van der Waals surface area contributed by atoms with E-state index in [-0.39, 0.29) is 0 Å². The third-order valence-corrected chi connectivity index (χ3v) is 5.34. The highest BCUT2D eigenvalue weighted by molar-refractivity contribution is 5.39. The molecule has 1 aromatic carbocycles. The summed E-state index contributed by atoms with van der Waals surface area (Å²) in [6, 6.07) is 7.13. The number of hydrogen-bond acceptors (Lipinski definition) is 2. The van der Waals surface area contributed by atoms with Crippen LogP contribution >= 0.6 is 0 Å². The summed E-state index contributed by atoms with van der Waals surface area (Å²) in [7, 11) is 1.76. The van der Waals surface area contributed by atoms with Crippen molar-refractivity contribution in [2.75, 3.05) is 13.7 Å². The Hall–Kier alpha value is -1.02. The van der Waals surface area contributed by atoms with Gasteiger partial charge in [0.05, 0.1) is 7.11 Å². The van der Waals surface area contributed by atoms with Crippen molar-refractivity contribution in [3.63, 3.8) is 0 Å². The van der Waals surface area contributed by atoms with E-state index >= 15 is 0 Å². The Morgan fingerprint density at radius 2 is 1.95 bits per heavy atom. The Bertz CT molecular complexity index is 451. The molecule has 2 aliphatic rings. The zero-order chi connectivity index (χ0) is 14.5. The summed E-state index contributed by atoms with van der Waals surface area (Å²) in [5.74, 6) is 1.97. The van der Waals surface area contributed by atoms with Crippen LogP contribution in [-0.4, -0.2) is 13.7 Å². The van der Waals surface area contributed by atoms with Crippen LogP contribution in [0.25, 0.3) is 0 Å². The molecule has 0 aliphatic heterocycles. The molecule has 0 saturated heterocycles. The van der Waals surface area contributed by atoms with Gasteiger partial charge in [0.2, 0.25) is 0 Å². The van der Waals surface area contributed by atoms with E-state index in [1.165, 1.54) is 75.5 Å². The van der Waals surface area contributed by atoms with Crippen molar-refractivity contribution in [1.82, 2.24) is 5.32 Å². The summed E-state index contributed by atoms with van der Waals surface area (Å²) >= 11 is 0. The van der Waals surface area contributed by atoms with Gasteiger partial charge in [-0.05, 0) is 61.4 Å². The third kappa shape index (κ3) is 3.79. The molecule has 1 unspecified atom stereocenters. The average Bonchev–Trinajstić information content (AvgIpc) is 2.55. The summed E-state index contributed by atoms with van der Waals surface area (Å²) in [5, 5.41) is 3.82. The average molecular weight is 287 g/mol. The van der Waals surface area contributed by atoms with Gasteiger partial charge in [-0.25, -0.2) is 0 Å². The highest BCUT2D eigenvalue weighted by atomic mass is 16.5. The molecule has 2 heteroatoms. The van der Waals surface area contributed by atoms with Crippen LogP contribution in [0.4, 0.5) is 0 Å². The van der Waals surface area contributed by atoms with E-state index in [9.17, 15) is 0 Å². The summed E-state index contributed by atoms with van der Waals surface area (Å²) in [5.41, 5.74) is 2.99. The molecule has 1 atom stereocenters. The Morgan fingerprint density at radius 1 is 1.10 bits per heavy atom. The van der Waals surface area contributed by atoms with Crippen molar-refractivity contribution in [1.29, 1.82) is 0 Å². The minimum Gasteiger partial charge on any atom is -0.497 e. The summed E-state index contributed by atoms with van der Waals surface area (Å²) in [6.07, 6.45) is 12.4. The molecule has 2 aliphatic carbocycles.